The third-order valence-corrected chi connectivity index (χ3v) is 4.04. The third-order valence-electron chi connectivity index (χ3n) is 4.04. The Bertz CT molecular complexity index is 533. The minimum absolute atomic E-state index is 0. The molecule has 1 heterocycles. The maximum Gasteiger partial charge on any atom is 0.240 e. The van der Waals surface area contributed by atoms with Crippen LogP contribution >= 0.6 is 12.4 Å². The van der Waals surface area contributed by atoms with Crippen molar-refractivity contribution in [3.8, 4) is 0 Å². The summed E-state index contributed by atoms with van der Waals surface area (Å²) in [7, 11) is 0. The summed E-state index contributed by atoms with van der Waals surface area (Å²) in [6.45, 7) is 3.99. The molecule has 1 aromatic carbocycles. The van der Waals surface area contributed by atoms with Gasteiger partial charge < -0.3 is 16.4 Å². The molecule has 0 saturated heterocycles. The Kier molecular flexibility index (Phi) is 5.75. The molecule has 5 nitrogen and oxygen atoms in total. The van der Waals surface area contributed by atoms with Crippen LogP contribution in [0.5, 0.6) is 0 Å². The van der Waals surface area contributed by atoms with Crippen LogP contribution in [0, 0.1) is 5.92 Å². The fourth-order valence-electron chi connectivity index (χ4n) is 2.50. The Balaban J connectivity index is 0.00000220. The van der Waals surface area contributed by atoms with Crippen LogP contribution in [0.15, 0.2) is 24.3 Å². The maximum absolute atomic E-state index is 12.5. The number of primary amides is 1. The molecule has 3 unspecified atom stereocenters. The molecule has 4 N–H and O–H groups in total. The number of amides is 2. The van der Waals surface area contributed by atoms with E-state index in [1.807, 2.05) is 24.3 Å². The number of rotatable bonds is 3. The monoisotopic (exact) mass is 311 g/mol. The molecule has 0 spiro atoms. The summed E-state index contributed by atoms with van der Waals surface area (Å²) < 4.78 is 0. The van der Waals surface area contributed by atoms with Crippen molar-refractivity contribution in [3.05, 3.63) is 35.4 Å². The molecule has 0 saturated carbocycles. The molecule has 2 amide bonds. The molecule has 0 fully saturated rings. The molecule has 116 valence electrons. The molecular formula is C15H22ClN3O2. The van der Waals surface area contributed by atoms with E-state index in [1.165, 1.54) is 0 Å². The van der Waals surface area contributed by atoms with Crippen molar-refractivity contribution in [2.24, 2.45) is 17.4 Å². The molecule has 6 heteroatoms. The van der Waals surface area contributed by atoms with Crippen LogP contribution in [0.4, 0.5) is 0 Å². The van der Waals surface area contributed by atoms with Crippen molar-refractivity contribution >= 4 is 24.2 Å². The van der Waals surface area contributed by atoms with Crippen molar-refractivity contribution in [2.45, 2.75) is 38.9 Å². The first-order valence-corrected chi connectivity index (χ1v) is 6.84. The lowest BCUT2D eigenvalue weighted by Gasteiger charge is -2.37. The lowest BCUT2D eigenvalue weighted by Crippen LogP contribution is -2.54. The highest BCUT2D eigenvalue weighted by Crippen LogP contribution is 2.25. The average molecular weight is 312 g/mol. The van der Waals surface area contributed by atoms with E-state index in [4.69, 9.17) is 11.5 Å². The summed E-state index contributed by atoms with van der Waals surface area (Å²) >= 11 is 0. The van der Waals surface area contributed by atoms with Gasteiger partial charge in [-0.1, -0.05) is 31.2 Å². The zero-order valence-corrected chi connectivity index (χ0v) is 13.1. The Hall–Kier alpha value is -1.59. The van der Waals surface area contributed by atoms with Gasteiger partial charge in [-0.05, 0) is 18.1 Å². The molecule has 1 aromatic rings. The summed E-state index contributed by atoms with van der Waals surface area (Å²) in [4.78, 5) is 25.7. The number of hydrogen-bond donors (Lipinski definition) is 2. The van der Waals surface area contributed by atoms with Gasteiger partial charge >= 0.3 is 0 Å². The largest absolute Gasteiger partial charge is 0.368 e. The van der Waals surface area contributed by atoms with Gasteiger partial charge in [0.2, 0.25) is 11.8 Å². The van der Waals surface area contributed by atoms with E-state index >= 15 is 0 Å². The maximum atomic E-state index is 12.5. The van der Waals surface area contributed by atoms with Gasteiger partial charge in [-0.15, -0.1) is 12.4 Å². The zero-order chi connectivity index (χ0) is 14.9. The quantitative estimate of drug-likeness (QED) is 0.866. The standard InChI is InChI=1S/C15H21N3O2.ClH/c1-9(10(2)16)15(20)18-8-12-6-4-3-5-11(12)7-13(18)14(17)19;/h3-6,9-10,13H,7-8,16H2,1-2H3,(H2,17,19);1H. The molecule has 0 bridgehead atoms. The van der Waals surface area contributed by atoms with E-state index in [0.717, 1.165) is 11.1 Å². The summed E-state index contributed by atoms with van der Waals surface area (Å²) in [6, 6.07) is 6.97. The van der Waals surface area contributed by atoms with Crippen molar-refractivity contribution < 1.29 is 9.59 Å². The van der Waals surface area contributed by atoms with Gasteiger partial charge in [-0.3, -0.25) is 9.59 Å². The summed E-state index contributed by atoms with van der Waals surface area (Å²) in [5.41, 5.74) is 13.4. The highest BCUT2D eigenvalue weighted by molar-refractivity contribution is 5.88. The van der Waals surface area contributed by atoms with Gasteiger partial charge in [0.15, 0.2) is 0 Å². The first kappa shape index (κ1) is 17.5. The van der Waals surface area contributed by atoms with Crippen LogP contribution in [-0.4, -0.2) is 28.8 Å². The Labute approximate surface area is 131 Å². The highest BCUT2D eigenvalue weighted by atomic mass is 35.5. The smallest absolute Gasteiger partial charge is 0.240 e. The first-order chi connectivity index (χ1) is 9.41. The molecular weight excluding hydrogens is 290 g/mol. The van der Waals surface area contributed by atoms with E-state index in [0.29, 0.717) is 13.0 Å². The van der Waals surface area contributed by atoms with Gasteiger partial charge in [-0.25, -0.2) is 0 Å². The van der Waals surface area contributed by atoms with Gasteiger partial charge in [0.05, 0.1) is 5.92 Å². The molecule has 0 radical (unpaired) electrons. The second-order valence-corrected chi connectivity index (χ2v) is 5.50. The van der Waals surface area contributed by atoms with E-state index in [-0.39, 0.29) is 30.3 Å². The van der Waals surface area contributed by atoms with Crippen LogP contribution < -0.4 is 11.5 Å². The third kappa shape index (κ3) is 3.54. The highest BCUT2D eigenvalue weighted by Gasteiger charge is 2.35. The molecule has 21 heavy (non-hydrogen) atoms. The van der Waals surface area contributed by atoms with E-state index in [9.17, 15) is 9.59 Å². The number of carbonyl (C=O) groups excluding carboxylic acids is 2. The van der Waals surface area contributed by atoms with Crippen molar-refractivity contribution in [2.75, 3.05) is 0 Å². The molecule has 1 aliphatic rings. The van der Waals surface area contributed by atoms with Crippen molar-refractivity contribution in [1.82, 2.24) is 4.90 Å². The molecule has 2 rings (SSSR count). The minimum atomic E-state index is -0.585. The van der Waals surface area contributed by atoms with E-state index in [1.54, 1.807) is 18.7 Å². The van der Waals surface area contributed by atoms with Gasteiger partial charge in [0.1, 0.15) is 6.04 Å². The van der Waals surface area contributed by atoms with Crippen LogP contribution in [-0.2, 0) is 22.6 Å². The fraction of sp³-hybridized carbons (Fsp3) is 0.467. The average Bonchev–Trinajstić information content (AvgIpc) is 2.44. The number of carbonyl (C=O) groups is 2. The SMILES string of the molecule is CC(N)C(C)C(=O)N1Cc2ccccc2CC1C(N)=O.Cl. The van der Waals surface area contributed by atoms with Crippen LogP contribution in [0.1, 0.15) is 25.0 Å². The summed E-state index contributed by atoms with van der Waals surface area (Å²) in [5, 5.41) is 0. The first-order valence-electron chi connectivity index (χ1n) is 6.84. The fourth-order valence-corrected chi connectivity index (χ4v) is 2.50. The number of nitrogens with two attached hydrogens (primary N) is 2. The summed E-state index contributed by atoms with van der Waals surface area (Å²) in [6.07, 6.45) is 0.475. The Morgan fingerprint density at radius 1 is 1.24 bits per heavy atom. The predicted octanol–water partition coefficient (Wildman–Crippen LogP) is 0.830. The van der Waals surface area contributed by atoms with Crippen LogP contribution in [0.3, 0.4) is 0 Å². The van der Waals surface area contributed by atoms with Crippen LogP contribution in [0.25, 0.3) is 0 Å². The number of hydrogen-bond acceptors (Lipinski definition) is 3. The predicted molar refractivity (Wildman–Crippen MR) is 83.7 cm³/mol. The number of nitrogens with zero attached hydrogens (tertiary/aromatic N) is 1. The van der Waals surface area contributed by atoms with Crippen molar-refractivity contribution in [3.63, 3.8) is 0 Å². The van der Waals surface area contributed by atoms with Gasteiger partial charge in [0.25, 0.3) is 0 Å². The number of halogens is 1. The second kappa shape index (κ2) is 6.91. The Morgan fingerprint density at radius 3 is 2.33 bits per heavy atom. The van der Waals surface area contributed by atoms with Crippen LogP contribution in [0.2, 0.25) is 0 Å². The van der Waals surface area contributed by atoms with E-state index in [2.05, 4.69) is 0 Å². The minimum Gasteiger partial charge on any atom is -0.368 e. The van der Waals surface area contributed by atoms with E-state index < -0.39 is 11.9 Å². The molecule has 0 aromatic heterocycles. The van der Waals surface area contributed by atoms with Crippen molar-refractivity contribution in [1.29, 1.82) is 0 Å². The second-order valence-electron chi connectivity index (χ2n) is 5.50. The zero-order valence-electron chi connectivity index (χ0n) is 12.3. The topological polar surface area (TPSA) is 89.4 Å². The molecule has 3 atom stereocenters. The number of benzene rings is 1. The Morgan fingerprint density at radius 2 is 1.81 bits per heavy atom. The molecule has 1 aliphatic heterocycles. The molecule has 0 aliphatic carbocycles. The lowest BCUT2D eigenvalue weighted by atomic mass is 9.91. The lowest BCUT2D eigenvalue weighted by molar-refractivity contribution is -0.144. The van der Waals surface area contributed by atoms with Gasteiger partial charge in [-0.2, -0.15) is 0 Å². The summed E-state index contributed by atoms with van der Waals surface area (Å²) in [5.74, 6) is -0.912. The van der Waals surface area contributed by atoms with Gasteiger partial charge in [0, 0.05) is 19.0 Å². The normalized spacial score (nSPS) is 20.0. The number of fused-ring (bicyclic) bond motifs is 1.